The second kappa shape index (κ2) is 10.0. The number of benzene rings is 2. The van der Waals surface area contributed by atoms with Crippen LogP contribution in [0.15, 0.2) is 54.6 Å². The molecule has 0 aliphatic heterocycles. The Kier molecular flexibility index (Phi) is 7.70. The van der Waals surface area contributed by atoms with Gasteiger partial charge in [0.15, 0.2) is 5.11 Å². The first-order valence-corrected chi connectivity index (χ1v) is 9.17. The normalized spacial score (nSPS) is 11.8. The molecule has 0 amide bonds. The molecule has 0 unspecified atom stereocenters. The lowest BCUT2D eigenvalue weighted by atomic mass is 10.1. The lowest BCUT2D eigenvalue weighted by molar-refractivity contribution is -0.927. The maximum Gasteiger partial charge on any atom is 0.171 e. The van der Waals surface area contributed by atoms with Crippen molar-refractivity contribution < 1.29 is 9.64 Å². The first-order valence-electron chi connectivity index (χ1n) is 8.76. The maximum atomic E-state index is 5.47. The van der Waals surface area contributed by atoms with Crippen LogP contribution in [0.2, 0.25) is 0 Å². The van der Waals surface area contributed by atoms with Gasteiger partial charge in [0.2, 0.25) is 0 Å². The molecule has 25 heavy (non-hydrogen) atoms. The van der Waals surface area contributed by atoms with Gasteiger partial charge >= 0.3 is 0 Å². The molecular formula is C20H28N3OS+. The third-order valence-corrected chi connectivity index (χ3v) is 4.64. The van der Waals surface area contributed by atoms with Crippen molar-refractivity contribution in [2.75, 3.05) is 32.1 Å². The van der Waals surface area contributed by atoms with Crippen LogP contribution < -0.4 is 20.3 Å². The summed E-state index contributed by atoms with van der Waals surface area (Å²) in [7, 11) is 1.66. The van der Waals surface area contributed by atoms with E-state index in [0.29, 0.717) is 11.2 Å². The average Bonchev–Trinajstić information content (AvgIpc) is 2.66. The summed E-state index contributed by atoms with van der Waals surface area (Å²) in [5.74, 6) is 0.808. The molecule has 0 heterocycles. The summed E-state index contributed by atoms with van der Waals surface area (Å²) in [5, 5.41) is 7.23. The second-order valence-electron chi connectivity index (χ2n) is 5.90. The summed E-state index contributed by atoms with van der Waals surface area (Å²) in [6.45, 7) is 7.39. The highest BCUT2D eigenvalue weighted by Crippen LogP contribution is 2.16. The number of nitrogens with one attached hydrogen (secondary N) is 3. The van der Waals surface area contributed by atoms with Gasteiger partial charge in [-0.25, -0.2) is 0 Å². The number of hydrogen-bond donors (Lipinski definition) is 3. The topological polar surface area (TPSA) is 37.7 Å². The van der Waals surface area contributed by atoms with Crippen LogP contribution in [-0.4, -0.2) is 31.9 Å². The zero-order chi connectivity index (χ0) is 18.1. The number of rotatable bonds is 8. The second-order valence-corrected chi connectivity index (χ2v) is 6.30. The van der Waals surface area contributed by atoms with Crippen LogP contribution >= 0.6 is 12.2 Å². The fourth-order valence-corrected chi connectivity index (χ4v) is 3.20. The number of thiocarbonyl (C=S) groups is 1. The standard InChI is InChI=1S/C20H27N3OS/c1-4-23(5-2)19(16-10-7-6-8-11-16)15-21-20(25)22-17-12-9-13-18(14-17)24-3/h6-14,19H,4-5,15H2,1-3H3,(H2,21,22,25)/p+1/t19-/m1/s1. The van der Waals surface area contributed by atoms with Crippen LogP contribution in [-0.2, 0) is 0 Å². The van der Waals surface area contributed by atoms with Gasteiger partial charge in [0.05, 0.1) is 26.7 Å². The highest BCUT2D eigenvalue weighted by molar-refractivity contribution is 7.80. The van der Waals surface area contributed by atoms with E-state index in [0.717, 1.165) is 31.1 Å². The lowest BCUT2D eigenvalue weighted by Gasteiger charge is -2.27. The van der Waals surface area contributed by atoms with Crippen molar-refractivity contribution in [1.82, 2.24) is 5.32 Å². The van der Waals surface area contributed by atoms with Crippen LogP contribution in [0.5, 0.6) is 5.75 Å². The molecule has 2 aromatic carbocycles. The fourth-order valence-electron chi connectivity index (χ4n) is 3.00. The minimum absolute atomic E-state index is 0.362. The molecule has 0 aliphatic rings. The van der Waals surface area contributed by atoms with Gasteiger partial charge in [-0.2, -0.15) is 0 Å². The Morgan fingerprint density at radius 2 is 1.80 bits per heavy atom. The number of hydrogen-bond acceptors (Lipinski definition) is 2. The molecular weight excluding hydrogens is 330 g/mol. The van der Waals surface area contributed by atoms with Gasteiger partial charge in [-0.1, -0.05) is 36.4 Å². The molecule has 134 valence electrons. The smallest absolute Gasteiger partial charge is 0.171 e. The average molecular weight is 359 g/mol. The molecule has 3 N–H and O–H groups in total. The fraction of sp³-hybridized carbons (Fsp3) is 0.350. The summed E-state index contributed by atoms with van der Waals surface area (Å²) in [6.07, 6.45) is 0. The van der Waals surface area contributed by atoms with E-state index in [4.69, 9.17) is 17.0 Å². The highest BCUT2D eigenvalue weighted by Gasteiger charge is 2.21. The molecule has 1 atom stereocenters. The molecule has 0 aliphatic carbocycles. The summed E-state index contributed by atoms with van der Waals surface area (Å²) >= 11 is 5.47. The number of likely N-dealkylation sites (N-methyl/N-ethyl adjacent to an activating group) is 1. The number of methoxy groups -OCH3 is 1. The highest BCUT2D eigenvalue weighted by atomic mass is 32.1. The quantitative estimate of drug-likeness (QED) is 0.634. The van der Waals surface area contributed by atoms with Crippen molar-refractivity contribution >= 4 is 23.0 Å². The van der Waals surface area contributed by atoms with E-state index in [1.54, 1.807) is 7.11 Å². The Morgan fingerprint density at radius 1 is 1.08 bits per heavy atom. The number of quaternary nitrogens is 1. The van der Waals surface area contributed by atoms with Gasteiger partial charge in [-0.05, 0) is 38.2 Å². The van der Waals surface area contributed by atoms with Crippen LogP contribution in [0.3, 0.4) is 0 Å². The Labute approximate surface area is 156 Å². The zero-order valence-electron chi connectivity index (χ0n) is 15.2. The predicted octanol–water partition coefficient (Wildman–Crippen LogP) is 2.65. The molecule has 5 heteroatoms. The molecule has 0 spiro atoms. The van der Waals surface area contributed by atoms with Crippen molar-refractivity contribution in [2.24, 2.45) is 0 Å². The summed E-state index contributed by atoms with van der Waals surface area (Å²) < 4.78 is 5.25. The van der Waals surface area contributed by atoms with Gasteiger partial charge < -0.3 is 20.3 Å². The molecule has 2 aromatic rings. The van der Waals surface area contributed by atoms with Gasteiger partial charge in [0.25, 0.3) is 0 Å². The summed E-state index contributed by atoms with van der Waals surface area (Å²) in [4.78, 5) is 1.53. The van der Waals surface area contributed by atoms with Gasteiger partial charge in [-0.3, -0.25) is 0 Å². The molecule has 4 nitrogen and oxygen atoms in total. The Hall–Kier alpha value is -2.11. The van der Waals surface area contributed by atoms with Crippen molar-refractivity contribution in [2.45, 2.75) is 19.9 Å². The van der Waals surface area contributed by atoms with Crippen molar-refractivity contribution in [3.8, 4) is 5.75 Å². The Balaban J connectivity index is 2.00. The maximum absolute atomic E-state index is 5.47. The summed E-state index contributed by atoms with van der Waals surface area (Å²) in [5.41, 5.74) is 2.25. The minimum Gasteiger partial charge on any atom is -0.497 e. The molecule has 0 saturated heterocycles. The lowest BCUT2D eigenvalue weighted by Crippen LogP contribution is -3.12. The Morgan fingerprint density at radius 3 is 2.44 bits per heavy atom. The van der Waals surface area contributed by atoms with E-state index >= 15 is 0 Å². The minimum atomic E-state index is 0.362. The molecule has 0 aromatic heterocycles. The predicted molar refractivity (Wildman–Crippen MR) is 108 cm³/mol. The van der Waals surface area contributed by atoms with Crippen LogP contribution in [0.1, 0.15) is 25.5 Å². The molecule has 2 rings (SSSR count). The number of ether oxygens (including phenoxy) is 1. The van der Waals surface area contributed by atoms with E-state index in [9.17, 15) is 0 Å². The zero-order valence-corrected chi connectivity index (χ0v) is 16.0. The van der Waals surface area contributed by atoms with E-state index in [-0.39, 0.29) is 0 Å². The monoisotopic (exact) mass is 358 g/mol. The molecule has 0 fully saturated rings. The van der Waals surface area contributed by atoms with Crippen LogP contribution in [0.4, 0.5) is 5.69 Å². The van der Waals surface area contributed by atoms with Crippen LogP contribution in [0.25, 0.3) is 0 Å². The van der Waals surface area contributed by atoms with E-state index in [1.165, 1.54) is 10.5 Å². The first-order chi connectivity index (χ1) is 12.2. The molecule has 0 bridgehead atoms. The third kappa shape index (κ3) is 5.73. The van der Waals surface area contributed by atoms with Crippen molar-refractivity contribution in [1.29, 1.82) is 0 Å². The number of anilines is 1. The van der Waals surface area contributed by atoms with Crippen molar-refractivity contribution in [3.63, 3.8) is 0 Å². The van der Waals surface area contributed by atoms with Gasteiger partial charge in [-0.15, -0.1) is 0 Å². The van der Waals surface area contributed by atoms with E-state index in [1.807, 2.05) is 24.3 Å². The van der Waals surface area contributed by atoms with Crippen molar-refractivity contribution in [3.05, 3.63) is 60.2 Å². The largest absolute Gasteiger partial charge is 0.497 e. The first kappa shape index (κ1) is 19.2. The third-order valence-electron chi connectivity index (χ3n) is 4.40. The van der Waals surface area contributed by atoms with E-state index in [2.05, 4.69) is 54.8 Å². The molecule has 0 saturated carbocycles. The summed E-state index contributed by atoms with van der Waals surface area (Å²) in [6, 6.07) is 18.7. The SMILES string of the molecule is CC[NH+](CC)[C@H](CNC(=S)Nc1cccc(OC)c1)c1ccccc1. The van der Waals surface area contributed by atoms with Gasteiger partial charge in [0.1, 0.15) is 11.8 Å². The van der Waals surface area contributed by atoms with E-state index < -0.39 is 0 Å². The Bertz CT molecular complexity index is 659. The molecule has 0 radical (unpaired) electrons. The van der Waals surface area contributed by atoms with Gasteiger partial charge in [0, 0.05) is 17.3 Å². The van der Waals surface area contributed by atoms with Crippen LogP contribution in [0, 0.1) is 0 Å².